The average Bonchev–Trinajstić information content (AvgIpc) is 2.39. The summed E-state index contributed by atoms with van der Waals surface area (Å²) < 4.78 is 10.6. The highest BCUT2D eigenvalue weighted by molar-refractivity contribution is 5.75. The predicted molar refractivity (Wildman–Crippen MR) is 71.3 cm³/mol. The van der Waals surface area contributed by atoms with Crippen LogP contribution in [0.5, 0.6) is 11.5 Å². The van der Waals surface area contributed by atoms with Crippen molar-refractivity contribution < 1.29 is 14.3 Å². The third-order valence-corrected chi connectivity index (χ3v) is 2.94. The highest BCUT2D eigenvalue weighted by atomic mass is 16.5. The first kappa shape index (κ1) is 14.4. The summed E-state index contributed by atoms with van der Waals surface area (Å²) in [5.74, 6) is 1.57. The third kappa shape index (κ3) is 3.39. The standard InChI is InChI=1S/C14H21NO3/c1-5-13(16)15-9-8-11-6-7-12(17-3)14(18-4)10(11)2/h6-7H,5,8-9H2,1-4H3,(H,15,16). The second-order valence-electron chi connectivity index (χ2n) is 4.04. The van der Waals surface area contributed by atoms with E-state index in [0.717, 1.165) is 29.0 Å². The number of ether oxygens (including phenoxy) is 2. The van der Waals surface area contributed by atoms with E-state index in [2.05, 4.69) is 5.32 Å². The normalized spacial score (nSPS) is 10.0. The third-order valence-electron chi connectivity index (χ3n) is 2.94. The Morgan fingerprint density at radius 3 is 2.56 bits per heavy atom. The van der Waals surface area contributed by atoms with Crippen molar-refractivity contribution in [2.75, 3.05) is 20.8 Å². The monoisotopic (exact) mass is 251 g/mol. The molecule has 1 N–H and O–H groups in total. The van der Waals surface area contributed by atoms with Gasteiger partial charge in [0.25, 0.3) is 0 Å². The number of hydrogen-bond acceptors (Lipinski definition) is 3. The quantitative estimate of drug-likeness (QED) is 0.842. The van der Waals surface area contributed by atoms with E-state index in [4.69, 9.17) is 9.47 Å². The van der Waals surface area contributed by atoms with Gasteiger partial charge in [-0.3, -0.25) is 4.79 Å². The van der Waals surface area contributed by atoms with Gasteiger partial charge in [-0.15, -0.1) is 0 Å². The number of nitrogens with one attached hydrogen (secondary N) is 1. The summed E-state index contributed by atoms with van der Waals surface area (Å²) in [6.07, 6.45) is 1.31. The first-order valence-electron chi connectivity index (χ1n) is 6.11. The van der Waals surface area contributed by atoms with Gasteiger partial charge in [0.1, 0.15) is 0 Å². The zero-order valence-corrected chi connectivity index (χ0v) is 11.5. The van der Waals surface area contributed by atoms with Crippen LogP contribution in [0.4, 0.5) is 0 Å². The zero-order valence-electron chi connectivity index (χ0n) is 11.5. The largest absolute Gasteiger partial charge is 0.493 e. The van der Waals surface area contributed by atoms with Gasteiger partial charge >= 0.3 is 0 Å². The van der Waals surface area contributed by atoms with Gasteiger partial charge in [0.15, 0.2) is 11.5 Å². The lowest BCUT2D eigenvalue weighted by Crippen LogP contribution is -2.24. The van der Waals surface area contributed by atoms with Crippen LogP contribution in [0, 0.1) is 6.92 Å². The van der Waals surface area contributed by atoms with E-state index >= 15 is 0 Å². The molecule has 1 aromatic carbocycles. The molecule has 0 radical (unpaired) electrons. The Hall–Kier alpha value is -1.71. The fraction of sp³-hybridized carbons (Fsp3) is 0.500. The van der Waals surface area contributed by atoms with Gasteiger partial charge in [0.2, 0.25) is 5.91 Å². The van der Waals surface area contributed by atoms with Crippen molar-refractivity contribution in [2.45, 2.75) is 26.7 Å². The number of methoxy groups -OCH3 is 2. The van der Waals surface area contributed by atoms with Gasteiger partial charge in [0.05, 0.1) is 14.2 Å². The van der Waals surface area contributed by atoms with Gasteiger partial charge in [-0.25, -0.2) is 0 Å². The number of benzene rings is 1. The van der Waals surface area contributed by atoms with Gasteiger partial charge < -0.3 is 14.8 Å². The molecule has 1 rings (SSSR count). The smallest absolute Gasteiger partial charge is 0.219 e. The van der Waals surface area contributed by atoms with Crippen LogP contribution >= 0.6 is 0 Å². The minimum absolute atomic E-state index is 0.0770. The molecule has 4 heteroatoms. The van der Waals surface area contributed by atoms with Crippen LogP contribution < -0.4 is 14.8 Å². The van der Waals surface area contributed by atoms with E-state index in [0.29, 0.717) is 13.0 Å². The van der Waals surface area contributed by atoms with Crippen molar-refractivity contribution in [2.24, 2.45) is 0 Å². The van der Waals surface area contributed by atoms with E-state index in [1.165, 1.54) is 0 Å². The average molecular weight is 251 g/mol. The van der Waals surface area contributed by atoms with E-state index < -0.39 is 0 Å². The van der Waals surface area contributed by atoms with Crippen LogP contribution in [0.15, 0.2) is 12.1 Å². The highest BCUT2D eigenvalue weighted by Crippen LogP contribution is 2.32. The molecule has 0 bridgehead atoms. The van der Waals surface area contributed by atoms with Gasteiger partial charge in [-0.2, -0.15) is 0 Å². The van der Waals surface area contributed by atoms with E-state index in [-0.39, 0.29) is 5.91 Å². The van der Waals surface area contributed by atoms with Crippen molar-refractivity contribution in [3.05, 3.63) is 23.3 Å². The molecule has 0 spiro atoms. The molecule has 0 aliphatic carbocycles. The van der Waals surface area contributed by atoms with Crippen LogP contribution in [0.2, 0.25) is 0 Å². The summed E-state index contributed by atoms with van der Waals surface area (Å²) in [5, 5.41) is 2.86. The predicted octanol–water partition coefficient (Wildman–Crippen LogP) is 2.08. The number of rotatable bonds is 6. The van der Waals surface area contributed by atoms with Gasteiger partial charge in [0, 0.05) is 13.0 Å². The molecule has 4 nitrogen and oxygen atoms in total. The number of hydrogen-bond donors (Lipinski definition) is 1. The molecule has 18 heavy (non-hydrogen) atoms. The maximum absolute atomic E-state index is 11.2. The fourth-order valence-corrected chi connectivity index (χ4v) is 1.85. The Morgan fingerprint density at radius 2 is 2.00 bits per heavy atom. The molecule has 0 atom stereocenters. The molecule has 0 saturated carbocycles. The number of carbonyl (C=O) groups is 1. The van der Waals surface area contributed by atoms with Crippen LogP contribution in [-0.4, -0.2) is 26.7 Å². The number of carbonyl (C=O) groups excluding carboxylic acids is 1. The minimum atomic E-state index is 0.0770. The molecular weight excluding hydrogens is 230 g/mol. The maximum atomic E-state index is 11.2. The topological polar surface area (TPSA) is 47.6 Å². The molecule has 0 unspecified atom stereocenters. The Kier molecular flexibility index (Phi) is 5.49. The van der Waals surface area contributed by atoms with E-state index in [1.54, 1.807) is 14.2 Å². The maximum Gasteiger partial charge on any atom is 0.219 e. The minimum Gasteiger partial charge on any atom is -0.493 e. The molecule has 0 heterocycles. The van der Waals surface area contributed by atoms with Crippen LogP contribution in [0.25, 0.3) is 0 Å². The molecule has 0 aromatic heterocycles. The summed E-state index contributed by atoms with van der Waals surface area (Å²) in [5.41, 5.74) is 2.21. The highest BCUT2D eigenvalue weighted by Gasteiger charge is 2.10. The second kappa shape index (κ2) is 6.89. The lowest BCUT2D eigenvalue weighted by atomic mass is 10.0. The molecular formula is C14H21NO3. The molecule has 0 saturated heterocycles. The zero-order chi connectivity index (χ0) is 13.5. The first-order chi connectivity index (χ1) is 8.63. The van der Waals surface area contributed by atoms with Crippen molar-refractivity contribution >= 4 is 5.91 Å². The molecule has 0 fully saturated rings. The summed E-state index contributed by atoms with van der Waals surface area (Å²) in [6.45, 7) is 4.48. The molecule has 1 amide bonds. The Morgan fingerprint density at radius 1 is 1.28 bits per heavy atom. The SMILES string of the molecule is CCC(=O)NCCc1ccc(OC)c(OC)c1C. The second-order valence-corrected chi connectivity index (χ2v) is 4.04. The summed E-state index contributed by atoms with van der Waals surface area (Å²) in [7, 11) is 3.26. The van der Waals surface area contributed by atoms with Gasteiger partial charge in [-0.05, 0) is 30.5 Å². The van der Waals surface area contributed by atoms with Crippen molar-refractivity contribution in [3.8, 4) is 11.5 Å². The van der Waals surface area contributed by atoms with Crippen LogP contribution in [0.3, 0.4) is 0 Å². The summed E-state index contributed by atoms with van der Waals surface area (Å²) in [6, 6.07) is 3.90. The van der Waals surface area contributed by atoms with Crippen LogP contribution in [-0.2, 0) is 11.2 Å². The van der Waals surface area contributed by atoms with E-state index in [1.807, 2.05) is 26.0 Å². The fourth-order valence-electron chi connectivity index (χ4n) is 1.85. The van der Waals surface area contributed by atoms with Crippen molar-refractivity contribution in [3.63, 3.8) is 0 Å². The molecule has 0 aliphatic rings. The van der Waals surface area contributed by atoms with Crippen LogP contribution in [0.1, 0.15) is 24.5 Å². The summed E-state index contributed by atoms with van der Waals surface area (Å²) in [4.78, 5) is 11.2. The molecule has 100 valence electrons. The molecule has 1 aromatic rings. The van der Waals surface area contributed by atoms with E-state index in [9.17, 15) is 4.79 Å². The lowest BCUT2D eigenvalue weighted by molar-refractivity contribution is -0.120. The van der Waals surface area contributed by atoms with Crippen molar-refractivity contribution in [1.29, 1.82) is 0 Å². The number of amides is 1. The Bertz CT molecular complexity index is 416. The Balaban J connectivity index is 2.75. The Labute approximate surface area is 108 Å². The summed E-state index contributed by atoms with van der Waals surface area (Å²) >= 11 is 0. The molecule has 0 aliphatic heterocycles. The van der Waals surface area contributed by atoms with Gasteiger partial charge in [-0.1, -0.05) is 13.0 Å². The van der Waals surface area contributed by atoms with Crippen molar-refractivity contribution in [1.82, 2.24) is 5.32 Å². The lowest BCUT2D eigenvalue weighted by Gasteiger charge is -2.14. The first-order valence-corrected chi connectivity index (χ1v) is 6.11.